The molecule has 0 aromatic rings. The van der Waals surface area contributed by atoms with Crippen molar-refractivity contribution in [1.29, 1.82) is 0 Å². The second kappa shape index (κ2) is 46.0. The Morgan fingerprint density at radius 1 is 0.409 bits per heavy atom. The van der Waals surface area contributed by atoms with Crippen LogP contribution in [0.5, 0.6) is 0 Å². The third-order valence-electron chi connectivity index (χ3n) is 39.2. The summed E-state index contributed by atoms with van der Waals surface area (Å²) in [6, 6.07) is 1.69. The summed E-state index contributed by atoms with van der Waals surface area (Å²) in [4.78, 5) is 39.8. The molecule has 5 heterocycles. The minimum Gasteiger partial charge on any atom is -0.481 e. The normalized spacial score (nSPS) is 34.1. The van der Waals surface area contributed by atoms with Crippen molar-refractivity contribution in [3.63, 3.8) is 0 Å². The van der Waals surface area contributed by atoms with Crippen LogP contribution < -0.4 is 21.3 Å². The lowest BCUT2D eigenvalue weighted by Gasteiger charge is -2.60. The standard InChI is InChI=1S/C14H27N.C14H24O2.C13H25NO2S.C13H23NO.C13H25N.C12H23NO2S.C12H20O2.C10H18N2O.C10H18O2/c1-11(2)12-9-14(10-12)7-5-13(6-8-14)15(3)4;1-10(2)12-5-6-14(9-12)7-11(8-14)3-4-13(15)16;1-11(2)12-4-5-13(8-12)9-14(10-13)6-7-17(3,15)16;1-9(2)10-4-5-13(6-10)7-11(8-13)12(15)14-3;1-10(2)11-8-13(9-11)6-4-12(14-3)5-7-13;1-10(2)11-6-12(7-11)8-13(9-12)4-5-16(3,14)15;1-9(2)10-5-12(6-10)13-7-11(3-4-11)8-14-12;1-7(2)8-3-10(4-8)5-11-9(13)12-6-10;1-8(2)9-6-10(7-9)11-4-3-5-12-10/h11-13H,5-10H2,1-4H3;10-12H,3-9H2,1-2H3,(H,15,16);11-12H,4-10H2,1-3H3;9-11H,4-8H2,1-3H3,(H,14,15);10-12,14H,4-9H2,1-3H3;10-11H,4-9H2,1-3H3;9-10H,3-8H2,1-2H3;7-8H,3-6H2,1-2H3,(H2,11,12,13);8-9H,3-7H2,1-2H3. The van der Waals surface area contributed by atoms with Gasteiger partial charge in [-0.05, 0) is 378 Å². The van der Waals surface area contributed by atoms with Crippen molar-refractivity contribution in [2.24, 2.45) is 162 Å². The van der Waals surface area contributed by atoms with E-state index in [2.05, 4.69) is 182 Å². The van der Waals surface area contributed by atoms with Gasteiger partial charge in [0.1, 0.15) is 19.7 Å². The zero-order chi connectivity index (χ0) is 96.6. The van der Waals surface area contributed by atoms with Crippen molar-refractivity contribution < 1.29 is 55.3 Å². The van der Waals surface area contributed by atoms with E-state index >= 15 is 0 Å². The topological polar surface area (TPSA) is 234 Å². The Kier molecular flexibility index (Phi) is 38.4. The molecule has 766 valence electrons. The molecular weight excluding hydrogens is 1690 g/mol. The molecule has 19 aliphatic rings. The van der Waals surface area contributed by atoms with Crippen molar-refractivity contribution in [1.82, 2.24) is 36.0 Å². The Morgan fingerprint density at radius 2 is 0.735 bits per heavy atom. The zero-order valence-electron chi connectivity index (χ0n) is 89.1. The number of nitrogens with one attached hydrogen (secondary N) is 4. The number of ether oxygens (including phenoxy) is 4. The first-order valence-corrected chi connectivity index (χ1v) is 59.1. The number of carbonyl (C=O) groups excluding carboxylic acids is 2. The molecule has 132 heavy (non-hydrogen) atoms. The minimum absolute atomic E-state index is 0.00128. The number of hydrogen-bond donors (Lipinski definition) is 5. The molecule has 19 rings (SSSR count). The van der Waals surface area contributed by atoms with Gasteiger partial charge in [0.2, 0.25) is 5.91 Å². The Bertz CT molecular complexity index is 3730. The van der Waals surface area contributed by atoms with Crippen LogP contribution in [0.25, 0.3) is 0 Å². The molecule has 3 amide bonds. The number of hydrogen-bond acceptors (Lipinski definition) is 15. The van der Waals surface area contributed by atoms with E-state index in [-0.39, 0.29) is 23.5 Å². The minimum atomic E-state index is -2.80. The van der Waals surface area contributed by atoms with E-state index in [9.17, 15) is 31.2 Å². The van der Waals surface area contributed by atoms with Crippen LogP contribution >= 0.6 is 0 Å². The van der Waals surface area contributed by atoms with Gasteiger partial charge in [-0.25, -0.2) is 21.6 Å². The van der Waals surface area contributed by atoms with Crippen molar-refractivity contribution in [3.8, 4) is 0 Å². The fourth-order valence-corrected chi connectivity index (χ4v) is 29.5. The van der Waals surface area contributed by atoms with Crippen LogP contribution in [0, 0.1) is 162 Å². The van der Waals surface area contributed by atoms with Gasteiger partial charge in [0, 0.05) is 133 Å². The first kappa shape index (κ1) is 110. The average molecular weight is 1890 g/mol. The Morgan fingerprint density at radius 3 is 1.08 bits per heavy atom. The van der Waals surface area contributed by atoms with Gasteiger partial charge >= 0.3 is 12.0 Å². The third-order valence-corrected chi connectivity index (χ3v) is 41.1. The molecule has 0 aromatic carbocycles. The Labute approximate surface area is 808 Å². The summed E-state index contributed by atoms with van der Waals surface area (Å²) in [6.45, 7) is 53.3. The summed E-state index contributed by atoms with van der Waals surface area (Å²) in [5.74, 6) is 16.7. The summed E-state index contributed by atoms with van der Waals surface area (Å²) < 4.78 is 67.5. The Hall–Kier alpha value is -2.21. The van der Waals surface area contributed by atoms with Gasteiger partial charge in [0.25, 0.3) is 0 Å². The van der Waals surface area contributed by atoms with E-state index in [0.717, 1.165) is 260 Å². The van der Waals surface area contributed by atoms with Gasteiger partial charge in [-0.2, -0.15) is 0 Å². The highest BCUT2D eigenvalue weighted by molar-refractivity contribution is 7.90. The molecule has 19 nitrogen and oxygen atoms in total. The lowest BCUT2D eigenvalue weighted by Crippen LogP contribution is -2.63. The summed E-state index contributed by atoms with van der Waals surface area (Å²) in [6.07, 6.45) is 52.5. The van der Waals surface area contributed by atoms with E-state index in [0.29, 0.717) is 62.3 Å². The monoisotopic (exact) mass is 1890 g/mol. The number of aliphatic carboxylic acids is 1. The van der Waals surface area contributed by atoms with E-state index < -0.39 is 25.6 Å². The summed E-state index contributed by atoms with van der Waals surface area (Å²) in [5, 5.41) is 20.6. The highest BCUT2D eigenvalue weighted by Gasteiger charge is 2.59. The number of nitrogens with zero attached hydrogens (tertiary/aromatic N) is 3. The zero-order valence-corrected chi connectivity index (χ0v) is 90.7. The second-order valence-corrected chi connectivity index (χ2v) is 57.6. The van der Waals surface area contributed by atoms with Crippen LogP contribution in [-0.4, -0.2) is 209 Å². The molecular formula is C111H203N7O12S2. The highest BCUT2D eigenvalue weighted by Crippen LogP contribution is 2.64. The lowest BCUT2D eigenvalue weighted by molar-refractivity contribution is -0.339. The van der Waals surface area contributed by atoms with Crippen LogP contribution in [0.3, 0.4) is 0 Å². The van der Waals surface area contributed by atoms with Gasteiger partial charge in [-0.3, -0.25) is 9.59 Å². The van der Waals surface area contributed by atoms with E-state index in [1.54, 1.807) is 7.05 Å². The van der Waals surface area contributed by atoms with Gasteiger partial charge in [0.05, 0.1) is 37.9 Å². The number of sulfone groups is 2. The fraction of sp³-hybridized carbons (Fsp3) is 0.973. The van der Waals surface area contributed by atoms with Gasteiger partial charge in [-0.15, -0.1) is 0 Å². The summed E-state index contributed by atoms with van der Waals surface area (Å²) in [5.41, 5.74) is 4.75. The highest BCUT2D eigenvalue weighted by atomic mass is 32.2. The van der Waals surface area contributed by atoms with Crippen molar-refractivity contribution >= 4 is 37.6 Å². The van der Waals surface area contributed by atoms with Gasteiger partial charge in [-0.1, -0.05) is 125 Å². The summed E-state index contributed by atoms with van der Waals surface area (Å²) in [7, 11) is 2.75. The maximum Gasteiger partial charge on any atom is 0.314 e. The van der Waals surface area contributed by atoms with Gasteiger partial charge in [0.15, 0.2) is 11.6 Å². The number of carbonyl (C=O) groups is 3. The fourth-order valence-electron chi connectivity index (χ4n) is 28.3. The average Bonchev–Trinajstić information content (AvgIpc) is 1.56. The number of amides is 3. The largest absolute Gasteiger partial charge is 0.481 e. The van der Waals surface area contributed by atoms with E-state index in [1.165, 1.54) is 199 Å². The predicted molar refractivity (Wildman–Crippen MR) is 542 cm³/mol. The number of rotatable bonds is 21. The molecule has 14 saturated carbocycles. The van der Waals surface area contributed by atoms with Crippen molar-refractivity contribution in [2.45, 2.75) is 392 Å². The number of likely N-dealkylation sites (tertiary alicyclic amines) is 2. The lowest BCUT2D eigenvalue weighted by atomic mass is 9.53. The molecule has 5 aliphatic heterocycles. The number of urea groups is 1. The molecule has 3 atom stereocenters. The Balaban J connectivity index is 0.000000143. The quantitative estimate of drug-likeness (QED) is 0.0719. The predicted octanol–water partition coefficient (Wildman–Crippen LogP) is 22.3. The SMILES string of the molecule is CC(C)C1CC2(C1)CN(CCS(C)(=O)=O)C2.CC(C)C1CC2(C1)OCC1(CC1)CO2.CC(C)C1CC2(C1)OCCCO2.CC(C)C1CC2(CCC(N(C)C)CC2)C1.CC(C)C1CC2(CNC(=O)NC2)C1.CC(C)C1CCC2(C1)CN(CCS(C)(=O)=O)C2.CC(C)C1CCC2(CC(CCC(=O)O)C2)C1.CNC(=O)C1CC2(CCC(C(C)C)C2)C1.CNC1CCC2(CC1)CC(C(C)C)C2. The van der Waals surface area contributed by atoms with Crippen LogP contribution in [0.15, 0.2) is 0 Å². The molecule has 14 aliphatic carbocycles. The molecule has 19 fully saturated rings. The molecule has 3 unspecified atom stereocenters. The van der Waals surface area contributed by atoms with Crippen LogP contribution in [0.1, 0.15) is 369 Å². The number of carboxylic acids is 1. The third kappa shape index (κ3) is 30.2. The first-order valence-electron chi connectivity index (χ1n) is 54.9. The maximum absolute atomic E-state index is 11.4. The molecule has 21 heteroatoms. The van der Waals surface area contributed by atoms with Crippen LogP contribution in [0.2, 0.25) is 0 Å². The smallest absolute Gasteiger partial charge is 0.314 e. The maximum atomic E-state index is 11.4. The molecule has 0 bridgehead atoms. The first-order chi connectivity index (χ1) is 61.8. The van der Waals surface area contributed by atoms with Crippen molar-refractivity contribution in [3.05, 3.63) is 0 Å². The van der Waals surface area contributed by atoms with E-state index in [4.69, 9.17) is 24.1 Å². The van der Waals surface area contributed by atoms with Gasteiger partial charge < -0.3 is 60.0 Å². The number of carboxylic acid groups (broad SMARTS) is 1. The second-order valence-electron chi connectivity index (χ2n) is 53.1. The molecule has 0 aromatic heterocycles. The molecule has 0 radical (unpaired) electrons. The molecule has 5 N–H and O–H groups in total. The molecule has 5 saturated heterocycles. The van der Waals surface area contributed by atoms with Crippen molar-refractivity contribution in [2.75, 3.05) is 131 Å². The molecule has 10 spiro atoms. The van der Waals surface area contributed by atoms with Crippen LogP contribution in [-0.2, 0) is 48.2 Å². The van der Waals surface area contributed by atoms with E-state index in [1.807, 2.05) is 0 Å². The summed E-state index contributed by atoms with van der Waals surface area (Å²) >= 11 is 0. The van der Waals surface area contributed by atoms with Crippen LogP contribution in [0.4, 0.5) is 4.79 Å².